The van der Waals surface area contributed by atoms with Crippen LogP contribution in [0.5, 0.6) is 0 Å². The number of sulfone groups is 1. The number of hydrogen-bond donors (Lipinski definition) is 0. The Balaban J connectivity index is 1.72. The maximum absolute atomic E-state index is 12.9. The van der Waals surface area contributed by atoms with Gasteiger partial charge in [-0.3, -0.25) is 4.79 Å². The van der Waals surface area contributed by atoms with Gasteiger partial charge in [-0.05, 0) is 43.0 Å². The van der Waals surface area contributed by atoms with E-state index in [0.29, 0.717) is 25.1 Å². The number of nitrogens with zero attached hydrogens (tertiary/aromatic N) is 1. The van der Waals surface area contributed by atoms with Crippen molar-refractivity contribution >= 4 is 21.8 Å². The average Bonchev–Trinajstić information content (AvgIpc) is 3.21. The second kappa shape index (κ2) is 7.66. The van der Waals surface area contributed by atoms with E-state index in [1.807, 2.05) is 0 Å². The molecule has 1 aromatic rings. The molecule has 2 aliphatic rings. The van der Waals surface area contributed by atoms with E-state index >= 15 is 0 Å². The van der Waals surface area contributed by atoms with E-state index in [9.17, 15) is 17.6 Å². The molecule has 3 rings (SSSR count). The number of amides is 1. The van der Waals surface area contributed by atoms with Crippen LogP contribution in [0.3, 0.4) is 0 Å². The lowest BCUT2D eigenvalue weighted by Crippen LogP contribution is -2.44. The van der Waals surface area contributed by atoms with Crippen molar-refractivity contribution in [3.63, 3.8) is 0 Å². The summed E-state index contributed by atoms with van der Waals surface area (Å²) in [5.41, 5.74) is 0.714. The second-order valence-corrected chi connectivity index (χ2v) is 8.80. The molecule has 2 saturated heterocycles. The van der Waals surface area contributed by atoms with E-state index in [2.05, 4.69) is 0 Å². The van der Waals surface area contributed by atoms with Gasteiger partial charge in [0.25, 0.3) is 0 Å². The van der Waals surface area contributed by atoms with Gasteiger partial charge in [-0.1, -0.05) is 12.1 Å². The summed E-state index contributed by atoms with van der Waals surface area (Å²) in [7, 11) is -3.08. The minimum Gasteiger partial charge on any atom is -0.376 e. The Morgan fingerprint density at radius 1 is 1.28 bits per heavy atom. The van der Waals surface area contributed by atoms with Crippen LogP contribution < -0.4 is 0 Å². The van der Waals surface area contributed by atoms with Crippen molar-refractivity contribution in [2.75, 3.05) is 24.7 Å². The maximum atomic E-state index is 12.9. The quantitative estimate of drug-likeness (QED) is 0.747. The third kappa shape index (κ3) is 4.89. The summed E-state index contributed by atoms with van der Waals surface area (Å²) in [6.45, 7) is 1.09. The maximum Gasteiger partial charge on any atom is 0.246 e. The fourth-order valence-corrected chi connectivity index (χ4v) is 5.02. The van der Waals surface area contributed by atoms with Gasteiger partial charge in [0, 0.05) is 25.3 Å². The molecular formula is C18H22FNO4S. The van der Waals surface area contributed by atoms with E-state index in [1.165, 1.54) is 18.2 Å². The highest BCUT2D eigenvalue weighted by Crippen LogP contribution is 2.22. The van der Waals surface area contributed by atoms with Crippen molar-refractivity contribution in [3.8, 4) is 0 Å². The highest BCUT2D eigenvalue weighted by Gasteiger charge is 2.35. The van der Waals surface area contributed by atoms with Crippen molar-refractivity contribution in [1.29, 1.82) is 0 Å². The number of halogens is 1. The first kappa shape index (κ1) is 18.1. The van der Waals surface area contributed by atoms with Gasteiger partial charge in [-0.15, -0.1) is 0 Å². The van der Waals surface area contributed by atoms with Crippen LogP contribution in [-0.4, -0.2) is 56.0 Å². The molecule has 2 atom stereocenters. The first-order valence-corrected chi connectivity index (χ1v) is 10.3. The molecule has 2 heterocycles. The molecule has 0 saturated carbocycles. The first-order valence-electron chi connectivity index (χ1n) is 8.49. The van der Waals surface area contributed by atoms with E-state index in [4.69, 9.17) is 4.74 Å². The monoisotopic (exact) mass is 367 g/mol. The molecule has 5 nitrogen and oxygen atoms in total. The SMILES string of the molecule is O=C(/C=C/c1ccc(F)cc1)N(CC1CCCO1)C1CCS(=O)(=O)C1. The molecule has 1 amide bonds. The van der Waals surface area contributed by atoms with Crippen molar-refractivity contribution in [2.24, 2.45) is 0 Å². The Bertz CT molecular complexity index is 739. The van der Waals surface area contributed by atoms with Crippen LogP contribution in [0.4, 0.5) is 4.39 Å². The zero-order valence-electron chi connectivity index (χ0n) is 13.9. The Morgan fingerprint density at radius 2 is 2.04 bits per heavy atom. The second-order valence-electron chi connectivity index (χ2n) is 6.57. The highest BCUT2D eigenvalue weighted by atomic mass is 32.2. The Morgan fingerprint density at radius 3 is 2.64 bits per heavy atom. The molecule has 0 N–H and O–H groups in total. The van der Waals surface area contributed by atoms with E-state index in [0.717, 1.165) is 12.8 Å². The molecular weight excluding hydrogens is 345 g/mol. The predicted molar refractivity (Wildman–Crippen MR) is 93.2 cm³/mol. The largest absolute Gasteiger partial charge is 0.376 e. The van der Waals surface area contributed by atoms with E-state index in [-0.39, 0.29) is 35.4 Å². The van der Waals surface area contributed by atoms with Gasteiger partial charge in [0.1, 0.15) is 5.82 Å². The number of carbonyl (C=O) groups excluding carboxylic acids is 1. The van der Waals surface area contributed by atoms with Crippen LogP contribution in [0, 0.1) is 5.82 Å². The van der Waals surface area contributed by atoms with Gasteiger partial charge >= 0.3 is 0 Å². The highest BCUT2D eigenvalue weighted by molar-refractivity contribution is 7.91. The van der Waals surface area contributed by atoms with Gasteiger partial charge in [0.2, 0.25) is 5.91 Å². The van der Waals surface area contributed by atoms with Gasteiger partial charge in [0.05, 0.1) is 17.6 Å². The van der Waals surface area contributed by atoms with Crippen LogP contribution in [0.1, 0.15) is 24.8 Å². The summed E-state index contributed by atoms with van der Waals surface area (Å²) in [4.78, 5) is 14.3. The number of carbonyl (C=O) groups is 1. The van der Waals surface area contributed by atoms with Gasteiger partial charge in [-0.25, -0.2) is 12.8 Å². The van der Waals surface area contributed by atoms with Crippen LogP contribution >= 0.6 is 0 Å². The number of rotatable bonds is 5. The third-order valence-electron chi connectivity index (χ3n) is 4.64. The van der Waals surface area contributed by atoms with Gasteiger partial charge < -0.3 is 9.64 Å². The average molecular weight is 367 g/mol. The van der Waals surface area contributed by atoms with Gasteiger partial charge in [-0.2, -0.15) is 0 Å². The molecule has 2 aliphatic heterocycles. The summed E-state index contributed by atoms with van der Waals surface area (Å²) < 4.78 is 42.1. The molecule has 0 radical (unpaired) electrons. The third-order valence-corrected chi connectivity index (χ3v) is 6.40. The van der Waals surface area contributed by atoms with Crippen LogP contribution in [0.15, 0.2) is 30.3 Å². The number of ether oxygens (including phenoxy) is 1. The topological polar surface area (TPSA) is 63.7 Å². The van der Waals surface area contributed by atoms with Crippen molar-refractivity contribution in [3.05, 3.63) is 41.7 Å². The minimum atomic E-state index is -3.08. The molecule has 0 spiro atoms. The normalized spacial score (nSPS) is 25.5. The molecule has 25 heavy (non-hydrogen) atoms. The summed E-state index contributed by atoms with van der Waals surface area (Å²) in [5.74, 6) is -0.439. The Hall–Kier alpha value is -1.73. The van der Waals surface area contributed by atoms with Crippen LogP contribution in [0.25, 0.3) is 6.08 Å². The van der Waals surface area contributed by atoms with Crippen molar-refractivity contribution in [1.82, 2.24) is 4.90 Å². The predicted octanol–water partition coefficient (Wildman–Crippen LogP) is 2.03. The standard InChI is InChI=1S/C18H22FNO4S/c19-15-6-3-14(4-7-15)5-8-18(21)20(12-17-2-1-10-24-17)16-9-11-25(22,23)13-16/h3-8,16-17H,1-2,9-13H2/b8-5+. The smallest absolute Gasteiger partial charge is 0.246 e. The lowest BCUT2D eigenvalue weighted by Gasteiger charge is -2.29. The molecule has 2 fully saturated rings. The fourth-order valence-electron chi connectivity index (χ4n) is 3.29. The molecule has 1 aromatic carbocycles. The number of benzene rings is 1. The van der Waals surface area contributed by atoms with E-state index in [1.54, 1.807) is 23.1 Å². The summed E-state index contributed by atoms with van der Waals surface area (Å²) in [6.07, 6.45) is 5.31. The van der Waals surface area contributed by atoms with Gasteiger partial charge in [0.15, 0.2) is 9.84 Å². The summed E-state index contributed by atoms with van der Waals surface area (Å²) in [6, 6.07) is 5.53. The minimum absolute atomic E-state index is 0.00977. The number of hydrogen-bond acceptors (Lipinski definition) is 4. The molecule has 0 aliphatic carbocycles. The van der Waals surface area contributed by atoms with E-state index < -0.39 is 9.84 Å². The first-order chi connectivity index (χ1) is 11.9. The van der Waals surface area contributed by atoms with Crippen LogP contribution in [0.2, 0.25) is 0 Å². The lowest BCUT2D eigenvalue weighted by molar-refractivity contribution is -0.129. The van der Waals surface area contributed by atoms with Crippen molar-refractivity contribution in [2.45, 2.75) is 31.4 Å². The lowest BCUT2D eigenvalue weighted by atomic mass is 10.1. The summed E-state index contributed by atoms with van der Waals surface area (Å²) >= 11 is 0. The van der Waals surface area contributed by atoms with Crippen LogP contribution in [-0.2, 0) is 19.4 Å². The Kier molecular flexibility index (Phi) is 5.54. The summed E-state index contributed by atoms with van der Waals surface area (Å²) in [5, 5.41) is 0. The molecule has 0 bridgehead atoms. The fraction of sp³-hybridized carbons (Fsp3) is 0.500. The molecule has 2 unspecified atom stereocenters. The molecule has 7 heteroatoms. The Labute approximate surface area is 147 Å². The zero-order valence-corrected chi connectivity index (χ0v) is 14.8. The molecule has 136 valence electrons. The molecule has 0 aromatic heterocycles. The van der Waals surface area contributed by atoms with Crippen molar-refractivity contribution < 1.29 is 22.3 Å². The zero-order chi connectivity index (χ0) is 17.9.